The van der Waals surface area contributed by atoms with Gasteiger partial charge in [0.15, 0.2) is 0 Å². The van der Waals surface area contributed by atoms with E-state index in [1.165, 1.54) is 56.0 Å². The van der Waals surface area contributed by atoms with Gasteiger partial charge in [-0.25, -0.2) is 4.68 Å². The van der Waals surface area contributed by atoms with Crippen LogP contribution in [-0.4, -0.2) is 24.9 Å². The van der Waals surface area contributed by atoms with Crippen molar-refractivity contribution in [2.75, 3.05) is 0 Å². The van der Waals surface area contributed by atoms with E-state index in [0.29, 0.717) is 15.8 Å². The lowest BCUT2D eigenvalue weighted by Crippen LogP contribution is -2.49. The van der Waals surface area contributed by atoms with Gasteiger partial charge in [0, 0.05) is 17.2 Å². The van der Waals surface area contributed by atoms with Crippen LogP contribution in [0.5, 0.6) is 0 Å². The molecule has 4 nitrogen and oxygen atoms in total. The van der Waals surface area contributed by atoms with Crippen molar-refractivity contribution in [2.24, 2.45) is 17.8 Å². The number of aromatic nitrogens is 2. The highest BCUT2D eigenvalue weighted by atomic mass is 32.2. The van der Waals surface area contributed by atoms with Crippen LogP contribution < -0.4 is 0 Å². The molecule has 0 N–H and O–H groups in total. The summed E-state index contributed by atoms with van der Waals surface area (Å²) in [4.78, 5) is 15.9. The molecule has 6 heteroatoms. The minimum Gasteiger partial charge on any atom is -0.288 e. The molecule has 0 unspecified atom stereocenters. The van der Waals surface area contributed by atoms with Crippen LogP contribution in [-0.2, 0) is 16.8 Å². The number of carbonyl (C=O) groups excluding carboxylic acids is 1. The van der Waals surface area contributed by atoms with Gasteiger partial charge < -0.3 is 0 Å². The Labute approximate surface area is 221 Å². The Balaban J connectivity index is 1.28. The average molecular weight is 512 g/mol. The van der Waals surface area contributed by atoms with Gasteiger partial charge in [-0.3, -0.25) is 9.69 Å². The van der Waals surface area contributed by atoms with Crippen molar-refractivity contribution in [3.05, 3.63) is 88.6 Å². The van der Waals surface area contributed by atoms with Crippen LogP contribution in [0, 0.1) is 17.8 Å². The first-order valence-corrected chi connectivity index (χ1v) is 14.2. The van der Waals surface area contributed by atoms with Crippen LogP contribution in [0.15, 0.2) is 71.8 Å². The molecule has 5 aliphatic rings. The van der Waals surface area contributed by atoms with Crippen molar-refractivity contribution < 1.29 is 4.79 Å². The fraction of sp³-hybridized carbons (Fsp3) is 0.367. The Hall–Kier alpha value is -2.70. The average Bonchev–Trinajstić information content (AvgIpc) is 3.42. The molecule has 4 saturated carbocycles. The highest BCUT2D eigenvalue weighted by Gasteiger charge is 2.53. The maximum absolute atomic E-state index is 13.5. The van der Waals surface area contributed by atoms with Crippen molar-refractivity contribution >= 4 is 40.3 Å². The molecule has 4 bridgehead atoms. The summed E-state index contributed by atoms with van der Waals surface area (Å²) in [5.74, 6) is 2.48. The zero-order chi connectivity index (χ0) is 24.3. The minimum atomic E-state index is -0.00206. The second-order valence-corrected chi connectivity index (χ2v) is 12.8. The maximum atomic E-state index is 13.5. The van der Waals surface area contributed by atoms with Gasteiger partial charge in [-0.2, -0.15) is 5.10 Å². The van der Waals surface area contributed by atoms with Crippen LogP contribution in [0.1, 0.15) is 55.3 Å². The molecule has 0 atom stereocenters. The summed E-state index contributed by atoms with van der Waals surface area (Å²) in [6.45, 7) is 0.508. The molecule has 1 aromatic heterocycles. The third-order valence-corrected chi connectivity index (χ3v) is 10.0. The number of amides is 1. The van der Waals surface area contributed by atoms with Gasteiger partial charge in [-0.1, -0.05) is 72.5 Å². The molecular formula is C30H29N3OS2. The Kier molecular flexibility index (Phi) is 5.44. The normalized spacial score (nSPS) is 30.1. The lowest BCUT2D eigenvalue weighted by molar-refractivity contribution is -0.122. The standard InChI is InChI=1S/C30H29N3OS2/c34-28-26(36-29(35)32(28)18-20-7-3-1-4-8-20)14-24-19-33(25-9-5-2-6-10-25)31-27(24)30-15-21-11-22(16-30)13-23(12-21)17-30/h1-10,14,19,21-23H,11-13,15-18H2/b26-14-. The van der Waals surface area contributed by atoms with E-state index >= 15 is 0 Å². The van der Waals surface area contributed by atoms with E-state index in [2.05, 4.69) is 36.5 Å². The fourth-order valence-electron chi connectivity index (χ4n) is 7.56. The molecule has 4 aliphatic carbocycles. The predicted molar refractivity (Wildman–Crippen MR) is 149 cm³/mol. The molecule has 8 rings (SSSR count). The van der Waals surface area contributed by atoms with Gasteiger partial charge in [-0.05, 0) is 80.1 Å². The third kappa shape index (κ3) is 3.86. The van der Waals surface area contributed by atoms with Gasteiger partial charge in [0.1, 0.15) is 4.32 Å². The zero-order valence-electron chi connectivity index (χ0n) is 20.2. The molecule has 1 aliphatic heterocycles. The lowest BCUT2D eigenvalue weighted by atomic mass is 9.48. The molecule has 0 radical (unpaired) electrons. The number of para-hydroxylation sites is 1. The second kappa shape index (κ2) is 8.70. The van der Waals surface area contributed by atoms with Gasteiger partial charge in [0.2, 0.25) is 0 Å². The quantitative estimate of drug-likeness (QED) is 0.281. The number of benzene rings is 2. The lowest BCUT2D eigenvalue weighted by Gasteiger charge is -2.56. The summed E-state index contributed by atoms with van der Waals surface area (Å²) >= 11 is 7.07. The van der Waals surface area contributed by atoms with Crippen molar-refractivity contribution in [3.63, 3.8) is 0 Å². The van der Waals surface area contributed by atoms with Crippen molar-refractivity contribution in [3.8, 4) is 5.69 Å². The number of thioether (sulfide) groups is 1. The summed E-state index contributed by atoms with van der Waals surface area (Å²) < 4.78 is 2.65. The first-order chi connectivity index (χ1) is 17.6. The molecule has 36 heavy (non-hydrogen) atoms. The third-order valence-electron chi connectivity index (χ3n) is 8.65. The monoisotopic (exact) mass is 511 g/mol. The topological polar surface area (TPSA) is 38.1 Å². The second-order valence-electron chi connectivity index (χ2n) is 11.2. The smallest absolute Gasteiger partial charge is 0.266 e. The van der Waals surface area contributed by atoms with E-state index in [-0.39, 0.29) is 11.3 Å². The van der Waals surface area contributed by atoms with E-state index < -0.39 is 0 Å². The fourth-order valence-corrected chi connectivity index (χ4v) is 8.81. The molecule has 5 fully saturated rings. The summed E-state index contributed by atoms with van der Waals surface area (Å²) in [5.41, 5.74) is 4.55. The van der Waals surface area contributed by atoms with Crippen molar-refractivity contribution in [2.45, 2.75) is 50.5 Å². The molecule has 182 valence electrons. The summed E-state index contributed by atoms with van der Waals surface area (Å²) in [7, 11) is 0. The summed E-state index contributed by atoms with van der Waals surface area (Å²) in [6, 6.07) is 20.4. The number of rotatable bonds is 5. The van der Waals surface area contributed by atoms with Gasteiger partial charge in [-0.15, -0.1) is 0 Å². The Morgan fingerprint density at radius 3 is 2.19 bits per heavy atom. The number of hydrogen-bond donors (Lipinski definition) is 0. The number of thiocarbonyl (C=S) groups is 1. The van der Waals surface area contributed by atoms with E-state index in [0.717, 1.165) is 34.6 Å². The van der Waals surface area contributed by atoms with Crippen molar-refractivity contribution in [1.82, 2.24) is 14.7 Å². The SMILES string of the molecule is O=C1/C(=C/c2cn(-c3ccccc3)nc2C23CC4CC(CC(C4)C2)C3)SC(=S)N1Cc1ccccc1. The Morgan fingerprint density at radius 1 is 0.944 bits per heavy atom. The van der Waals surface area contributed by atoms with Crippen LogP contribution in [0.25, 0.3) is 11.8 Å². The van der Waals surface area contributed by atoms with E-state index in [1.807, 2.05) is 41.1 Å². The Morgan fingerprint density at radius 2 is 1.56 bits per heavy atom. The van der Waals surface area contributed by atoms with E-state index in [1.54, 1.807) is 4.90 Å². The predicted octanol–water partition coefficient (Wildman–Crippen LogP) is 6.74. The molecule has 2 heterocycles. The molecule has 1 amide bonds. The summed E-state index contributed by atoms with van der Waals surface area (Å²) in [5, 5.41) is 5.25. The highest BCUT2D eigenvalue weighted by molar-refractivity contribution is 8.26. The molecule has 3 aromatic rings. The van der Waals surface area contributed by atoms with Crippen LogP contribution >= 0.6 is 24.0 Å². The Bertz CT molecular complexity index is 1330. The van der Waals surface area contributed by atoms with Crippen LogP contribution in [0.3, 0.4) is 0 Å². The van der Waals surface area contributed by atoms with Crippen LogP contribution in [0.4, 0.5) is 0 Å². The molecule has 1 saturated heterocycles. The largest absolute Gasteiger partial charge is 0.288 e. The maximum Gasteiger partial charge on any atom is 0.266 e. The van der Waals surface area contributed by atoms with Gasteiger partial charge in [0.25, 0.3) is 5.91 Å². The van der Waals surface area contributed by atoms with Crippen LogP contribution in [0.2, 0.25) is 0 Å². The van der Waals surface area contributed by atoms with Gasteiger partial charge >= 0.3 is 0 Å². The number of nitrogens with zero attached hydrogens (tertiary/aromatic N) is 3. The van der Waals surface area contributed by atoms with E-state index in [9.17, 15) is 4.79 Å². The number of carbonyl (C=O) groups is 1. The highest BCUT2D eigenvalue weighted by Crippen LogP contribution is 2.61. The summed E-state index contributed by atoms with van der Waals surface area (Å²) in [6.07, 6.45) is 12.1. The first kappa shape index (κ1) is 22.5. The zero-order valence-corrected chi connectivity index (χ0v) is 21.8. The number of hydrogen-bond acceptors (Lipinski definition) is 4. The van der Waals surface area contributed by atoms with E-state index in [4.69, 9.17) is 17.3 Å². The minimum absolute atomic E-state index is 0.00206. The van der Waals surface area contributed by atoms with Gasteiger partial charge in [0.05, 0.1) is 22.8 Å². The first-order valence-electron chi connectivity index (χ1n) is 13.0. The molecular weight excluding hydrogens is 482 g/mol. The molecule has 0 spiro atoms. The molecule has 2 aromatic carbocycles. The van der Waals surface area contributed by atoms with Crippen molar-refractivity contribution in [1.29, 1.82) is 0 Å².